The number of para-hydroxylation sites is 1. The van der Waals surface area contributed by atoms with Gasteiger partial charge in [0.15, 0.2) is 0 Å². The van der Waals surface area contributed by atoms with Gasteiger partial charge in [-0.2, -0.15) is 0 Å². The van der Waals surface area contributed by atoms with E-state index in [4.69, 9.17) is 4.74 Å². The van der Waals surface area contributed by atoms with Gasteiger partial charge in [0, 0.05) is 18.3 Å². The Hall–Kier alpha value is -2.00. The van der Waals surface area contributed by atoms with Gasteiger partial charge >= 0.3 is 0 Å². The highest BCUT2D eigenvalue weighted by Crippen LogP contribution is 2.34. The van der Waals surface area contributed by atoms with E-state index in [1.165, 1.54) is 16.8 Å². The van der Waals surface area contributed by atoms with Crippen LogP contribution in [0.4, 0.5) is 5.69 Å². The number of hydrogen-bond acceptors (Lipinski definition) is 3. The van der Waals surface area contributed by atoms with Crippen LogP contribution in [0.15, 0.2) is 48.5 Å². The molecule has 3 heteroatoms. The van der Waals surface area contributed by atoms with E-state index in [0.717, 1.165) is 12.3 Å². The van der Waals surface area contributed by atoms with Crippen LogP contribution in [0.1, 0.15) is 31.1 Å². The third kappa shape index (κ3) is 2.74. The SMILES string of the molecule is COc1ccc(C2Nc3ccccc3CN2C(C)C)cc1. The first-order chi connectivity index (χ1) is 10.2. The molecule has 0 aliphatic carbocycles. The summed E-state index contributed by atoms with van der Waals surface area (Å²) < 4.78 is 5.25. The number of ether oxygens (including phenoxy) is 1. The topological polar surface area (TPSA) is 24.5 Å². The van der Waals surface area contributed by atoms with Gasteiger partial charge < -0.3 is 10.1 Å². The normalized spacial score (nSPS) is 18.2. The molecule has 0 saturated heterocycles. The summed E-state index contributed by atoms with van der Waals surface area (Å²) >= 11 is 0. The molecule has 3 nitrogen and oxygen atoms in total. The van der Waals surface area contributed by atoms with Gasteiger partial charge in [-0.15, -0.1) is 0 Å². The third-order valence-electron chi connectivity index (χ3n) is 4.09. The van der Waals surface area contributed by atoms with E-state index < -0.39 is 0 Å². The van der Waals surface area contributed by atoms with Crippen LogP contribution in [-0.4, -0.2) is 18.1 Å². The van der Waals surface area contributed by atoms with Gasteiger partial charge in [0.05, 0.1) is 7.11 Å². The van der Waals surface area contributed by atoms with Crippen molar-refractivity contribution >= 4 is 5.69 Å². The minimum absolute atomic E-state index is 0.200. The monoisotopic (exact) mass is 282 g/mol. The van der Waals surface area contributed by atoms with Crippen molar-refractivity contribution in [2.24, 2.45) is 0 Å². The molecular weight excluding hydrogens is 260 g/mol. The average Bonchev–Trinajstić information content (AvgIpc) is 2.53. The maximum atomic E-state index is 5.25. The lowest BCUT2D eigenvalue weighted by atomic mass is 10.0. The Morgan fingerprint density at radius 2 is 1.81 bits per heavy atom. The van der Waals surface area contributed by atoms with Crippen LogP contribution >= 0.6 is 0 Å². The standard InChI is InChI=1S/C18H22N2O/c1-13(2)20-12-15-6-4-5-7-17(15)19-18(20)14-8-10-16(21-3)11-9-14/h4-11,13,18-19H,12H2,1-3H3. The highest BCUT2D eigenvalue weighted by molar-refractivity contribution is 5.54. The molecule has 0 saturated carbocycles. The van der Waals surface area contributed by atoms with Gasteiger partial charge in [0.25, 0.3) is 0 Å². The molecule has 0 radical (unpaired) electrons. The summed E-state index contributed by atoms with van der Waals surface area (Å²) in [5.41, 5.74) is 3.85. The second-order valence-electron chi connectivity index (χ2n) is 5.74. The van der Waals surface area contributed by atoms with Crippen LogP contribution in [-0.2, 0) is 6.54 Å². The molecule has 110 valence electrons. The zero-order valence-electron chi connectivity index (χ0n) is 12.8. The fourth-order valence-corrected chi connectivity index (χ4v) is 2.86. The first-order valence-electron chi connectivity index (χ1n) is 7.43. The molecule has 0 aromatic heterocycles. The lowest BCUT2D eigenvalue weighted by Gasteiger charge is -2.41. The molecule has 1 atom stereocenters. The molecule has 1 aliphatic rings. The quantitative estimate of drug-likeness (QED) is 0.920. The molecular formula is C18H22N2O. The molecule has 0 bridgehead atoms. The number of rotatable bonds is 3. The fraction of sp³-hybridized carbons (Fsp3) is 0.333. The van der Waals surface area contributed by atoms with E-state index in [-0.39, 0.29) is 6.17 Å². The van der Waals surface area contributed by atoms with Crippen LogP contribution in [0.25, 0.3) is 0 Å². The first-order valence-corrected chi connectivity index (χ1v) is 7.43. The molecule has 1 unspecified atom stereocenters. The average molecular weight is 282 g/mol. The van der Waals surface area contributed by atoms with E-state index >= 15 is 0 Å². The summed E-state index contributed by atoms with van der Waals surface area (Å²) in [6.45, 7) is 5.45. The molecule has 0 fully saturated rings. The highest BCUT2D eigenvalue weighted by atomic mass is 16.5. The molecule has 0 spiro atoms. The first kappa shape index (κ1) is 14.0. The van der Waals surface area contributed by atoms with E-state index in [9.17, 15) is 0 Å². The maximum absolute atomic E-state index is 5.25. The van der Waals surface area contributed by atoms with Crippen molar-refractivity contribution in [1.82, 2.24) is 4.90 Å². The van der Waals surface area contributed by atoms with Crippen molar-refractivity contribution in [3.63, 3.8) is 0 Å². The maximum Gasteiger partial charge on any atom is 0.118 e. The Bertz CT molecular complexity index is 607. The van der Waals surface area contributed by atoms with Crippen molar-refractivity contribution in [2.75, 3.05) is 12.4 Å². The number of hydrogen-bond donors (Lipinski definition) is 1. The predicted molar refractivity (Wildman–Crippen MR) is 86.5 cm³/mol. The van der Waals surface area contributed by atoms with E-state index in [1.807, 2.05) is 12.1 Å². The summed E-state index contributed by atoms with van der Waals surface area (Å²) in [7, 11) is 1.70. The number of nitrogens with one attached hydrogen (secondary N) is 1. The van der Waals surface area contributed by atoms with Crippen LogP contribution in [0.5, 0.6) is 5.75 Å². The number of benzene rings is 2. The number of nitrogens with zero attached hydrogens (tertiary/aromatic N) is 1. The molecule has 21 heavy (non-hydrogen) atoms. The van der Waals surface area contributed by atoms with Crippen LogP contribution in [0, 0.1) is 0 Å². The lowest BCUT2D eigenvalue weighted by molar-refractivity contribution is 0.153. The summed E-state index contributed by atoms with van der Waals surface area (Å²) in [5, 5.41) is 3.67. The summed E-state index contributed by atoms with van der Waals surface area (Å²) in [4.78, 5) is 2.48. The molecule has 3 rings (SSSR count). The van der Waals surface area contributed by atoms with Crippen molar-refractivity contribution in [3.8, 4) is 5.75 Å². The smallest absolute Gasteiger partial charge is 0.118 e. The number of fused-ring (bicyclic) bond motifs is 1. The second-order valence-corrected chi connectivity index (χ2v) is 5.74. The Morgan fingerprint density at radius 3 is 2.48 bits per heavy atom. The molecule has 2 aromatic carbocycles. The van der Waals surface area contributed by atoms with E-state index in [1.54, 1.807) is 7.11 Å². The number of anilines is 1. The molecule has 1 heterocycles. The third-order valence-corrected chi connectivity index (χ3v) is 4.09. The summed E-state index contributed by atoms with van der Waals surface area (Å²) in [5.74, 6) is 0.894. The Morgan fingerprint density at radius 1 is 1.10 bits per heavy atom. The van der Waals surface area contributed by atoms with Crippen molar-refractivity contribution < 1.29 is 4.74 Å². The summed E-state index contributed by atoms with van der Waals surface area (Å²) in [6.07, 6.45) is 0.200. The lowest BCUT2D eigenvalue weighted by Crippen LogP contribution is -2.41. The minimum Gasteiger partial charge on any atom is -0.497 e. The van der Waals surface area contributed by atoms with Crippen molar-refractivity contribution in [3.05, 3.63) is 59.7 Å². The fourth-order valence-electron chi connectivity index (χ4n) is 2.86. The van der Waals surface area contributed by atoms with Gasteiger partial charge in [-0.1, -0.05) is 30.3 Å². The van der Waals surface area contributed by atoms with Crippen LogP contribution in [0.3, 0.4) is 0 Å². The largest absolute Gasteiger partial charge is 0.497 e. The summed E-state index contributed by atoms with van der Waals surface area (Å²) in [6, 6.07) is 17.3. The Labute approximate surface area is 126 Å². The molecule has 0 amide bonds. The molecule has 1 aliphatic heterocycles. The Kier molecular flexibility index (Phi) is 3.84. The van der Waals surface area contributed by atoms with Crippen molar-refractivity contribution in [2.45, 2.75) is 32.6 Å². The zero-order valence-corrected chi connectivity index (χ0v) is 12.8. The van der Waals surface area contributed by atoms with Gasteiger partial charge in [-0.05, 0) is 43.2 Å². The van der Waals surface area contributed by atoms with Crippen LogP contribution in [0.2, 0.25) is 0 Å². The van der Waals surface area contributed by atoms with Gasteiger partial charge in [-0.25, -0.2) is 0 Å². The molecule has 1 N–H and O–H groups in total. The van der Waals surface area contributed by atoms with Crippen molar-refractivity contribution in [1.29, 1.82) is 0 Å². The zero-order chi connectivity index (χ0) is 14.8. The molecule has 2 aromatic rings. The second kappa shape index (κ2) is 5.78. The van der Waals surface area contributed by atoms with E-state index in [0.29, 0.717) is 6.04 Å². The Balaban J connectivity index is 1.94. The predicted octanol–water partition coefficient (Wildman–Crippen LogP) is 4.03. The number of methoxy groups -OCH3 is 1. The van der Waals surface area contributed by atoms with Gasteiger partial charge in [0.1, 0.15) is 11.9 Å². The van der Waals surface area contributed by atoms with Crippen LogP contribution < -0.4 is 10.1 Å². The van der Waals surface area contributed by atoms with Gasteiger partial charge in [-0.3, -0.25) is 4.90 Å². The minimum atomic E-state index is 0.200. The van der Waals surface area contributed by atoms with E-state index in [2.05, 4.69) is 60.5 Å². The highest BCUT2D eigenvalue weighted by Gasteiger charge is 2.28. The van der Waals surface area contributed by atoms with Gasteiger partial charge in [0.2, 0.25) is 0 Å².